The summed E-state index contributed by atoms with van der Waals surface area (Å²) in [7, 11) is 0. The van der Waals surface area contributed by atoms with Crippen LogP contribution in [0.1, 0.15) is 25.7 Å². The van der Waals surface area contributed by atoms with Gasteiger partial charge in [0, 0.05) is 5.92 Å². The van der Waals surface area contributed by atoms with Crippen molar-refractivity contribution in [2.24, 2.45) is 29.0 Å². The third-order valence-electron chi connectivity index (χ3n) is 3.53. The summed E-state index contributed by atoms with van der Waals surface area (Å²) in [5, 5.41) is 0. The van der Waals surface area contributed by atoms with Gasteiger partial charge in [-0.25, -0.2) is 0 Å². The highest BCUT2D eigenvalue weighted by Crippen LogP contribution is 2.29. The molecule has 1 saturated carbocycles. The van der Waals surface area contributed by atoms with Gasteiger partial charge in [0.05, 0.1) is 13.1 Å². The maximum atomic E-state index is 12.2. The van der Waals surface area contributed by atoms with Crippen molar-refractivity contribution in [1.29, 1.82) is 0 Å². The molecule has 0 radical (unpaired) electrons. The maximum Gasteiger partial charge on any atom is 0.237 e. The minimum Gasteiger partial charge on any atom is -0.368 e. The van der Waals surface area contributed by atoms with Gasteiger partial charge in [0.1, 0.15) is 0 Å². The Labute approximate surface area is 112 Å². The number of rotatable bonds is 6. The molecule has 0 bridgehead atoms. The number of hydrogen-bond donors (Lipinski definition) is 3. The van der Waals surface area contributed by atoms with Gasteiger partial charge in [0.2, 0.25) is 17.7 Å². The second kappa shape index (κ2) is 7.08. The first-order valence-corrected chi connectivity index (χ1v) is 6.49. The molecule has 19 heavy (non-hydrogen) atoms. The Balaban J connectivity index is 2.60. The first kappa shape index (κ1) is 15.4. The van der Waals surface area contributed by atoms with Crippen LogP contribution in [-0.4, -0.2) is 42.3 Å². The highest BCUT2D eigenvalue weighted by atomic mass is 16.2. The lowest BCUT2D eigenvalue weighted by Gasteiger charge is -2.30. The van der Waals surface area contributed by atoms with Crippen molar-refractivity contribution in [2.75, 3.05) is 19.6 Å². The number of carbonyl (C=O) groups excluding carboxylic acids is 3. The zero-order chi connectivity index (χ0) is 14.4. The fraction of sp³-hybridized carbons (Fsp3) is 0.750. The fourth-order valence-electron chi connectivity index (χ4n) is 2.49. The molecule has 0 spiro atoms. The van der Waals surface area contributed by atoms with Crippen LogP contribution in [0.15, 0.2) is 0 Å². The van der Waals surface area contributed by atoms with Gasteiger partial charge < -0.3 is 22.1 Å². The molecule has 108 valence electrons. The molecule has 0 atom stereocenters. The van der Waals surface area contributed by atoms with Crippen molar-refractivity contribution in [3.05, 3.63) is 0 Å². The maximum absolute atomic E-state index is 12.2. The van der Waals surface area contributed by atoms with E-state index in [1.807, 2.05) is 0 Å². The van der Waals surface area contributed by atoms with E-state index in [2.05, 4.69) is 0 Å². The third kappa shape index (κ3) is 4.86. The summed E-state index contributed by atoms with van der Waals surface area (Å²) in [4.78, 5) is 35.3. The van der Waals surface area contributed by atoms with E-state index in [-0.39, 0.29) is 24.9 Å². The van der Waals surface area contributed by atoms with E-state index in [9.17, 15) is 14.4 Å². The second-order valence-corrected chi connectivity index (χ2v) is 5.08. The number of hydrogen-bond acceptors (Lipinski definition) is 4. The van der Waals surface area contributed by atoms with Crippen molar-refractivity contribution in [1.82, 2.24) is 4.90 Å². The zero-order valence-corrected chi connectivity index (χ0v) is 11.0. The molecular formula is C12H22N4O3. The summed E-state index contributed by atoms with van der Waals surface area (Å²) in [5.74, 6) is -1.21. The van der Waals surface area contributed by atoms with Crippen LogP contribution < -0.4 is 17.2 Å². The lowest BCUT2D eigenvalue weighted by molar-refractivity contribution is -0.142. The van der Waals surface area contributed by atoms with Crippen molar-refractivity contribution in [3.8, 4) is 0 Å². The van der Waals surface area contributed by atoms with Crippen LogP contribution in [-0.2, 0) is 14.4 Å². The molecule has 1 rings (SSSR count). The van der Waals surface area contributed by atoms with Crippen LogP contribution in [0.3, 0.4) is 0 Å². The Bertz CT molecular complexity index is 335. The molecule has 0 aliphatic heterocycles. The monoisotopic (exact) mass is 270 g/mol. The van der Waals surface area contributed by atoms with Crippen LogP contribution in [0.25, 0.3) is 0 Å². The summed E-state index contributed by atoms with van der Waals surface area (Å²) in [5.41, 5.74) is 15.8. The molecular weight excluding hydrogens is 248 g/mol. The lowest BCUT2D eigenvalue weighted by atomic mass is 9.81. The summed E-state index contributed by atoms with van der Waals surface area (Å²) >= 11 is 0. The number of primary amides is 2. The number of nitrogens with zero attached hydrogens (tertiary/aromatic N) is 1. The van der Waals surface area contributed by atoms with Crippen LogP contribution in [0.5, 0.6) is 0 Å². The first-order valence-electron chi connectivity index (χ1n) is 6.49. The molecule has 1 aliphatic carbocycles. The van der Waals surface area contributed by atoms with E-state index in [0.29, 0.717) is 12.5 Å². The van der Waals surface area contributed by atoms with Gasteiger partial charge in [-0.05, 0) is 38.1 Å². The van der Waals surface area contributed by atoms with Gasteiger partial charge in [-0.2, -0.15) is 0 Å². The Morgan fingerprint density at radius 3 is 1.79 bits per heavy atom. The summed E-state index contributed by atoms with van der Waals surface area (Å²) < 4.78 is 0. The Hall–Kier alpha value is -1.63. The molecule has 7 nitrogen and oxygen atoms in total. The molecule has 1 aliphatic rings. The SMILES string of the molecule is NCC1CCC(C(=O)N(CC(N)=O)CC(N)=O)CC1. The van der Waals surface area contributed by atoms with Gasteiger partial charge in [-0.3, -0.25) is 14.4 Å². The standard InChI is InChI=1S/C12H22N4O3/c13-5-8-1-3-9(4-2-8)12(19)16(6-10(14)17)7-11(15)18/h8-9H,1-7,13H2,(H2,14,17)(H2,15,18). The molecule has 7 heteroatoms. The van der Waals surface area contributed by atoms with Crippen LogP contribution >= 0.6 is 0 Å². The Kier molecular flexibility index (Phi) is 5.75. The van der Waals surface area contributed by atoms with Gasteiger partial charge in [0.15, 0.2) is 0 Å². The minimum absolute atomic E-state index is 0.165. The van der Waals surface area contributed by atoms with E-state index in [1.54, 1.807) is 0 Å². The van der Waals surface area contributed by atoms with Crippen LogP contribution in [0, 0.1) is 11.8 Å². The smallest absolute Gasteiger partial charge is 0.237 e. The van der Waals surface area contributed by atoms with E-state index in [4.69, 9.17) is 17.2 Å². The average molecular weight is 270 g/mol. The zero-order valence-electron chi connectivity index (χ0n) is 11.0. The highest BCUT2D eigenvalue weighted by Gasteiger charge is 2.30. The third-order valence-corrected chi connectivity index (χ3v) is 3.53. The number of amides is 3. The fourth-order valence-corrected chi connectivity index (χ4v) is 2.49. The molecule has 0 heterocycles. The number of carbonyl (C=O) groups is 3. The van der Waals surface area contributed by atoms with Gasteiger partial charge in [-0.15, -0.1) is 0 Å². The molecule has 0 unspecified atom stereocenters. The largest absolute Gasteiger partial charge is 0.368 e. The van der Waals surface area contributed by atoms with E-state index in [0.717, 1.165) is 30.6 Å². The molecule has 1 fully saturated rings. The topological polar surface area (TPSA) is 133 Å². The van der Waals surface area contributed by atoms with Crippen molar-refractivity contribution < 1.29 is 14.4 Å². The lowest BCUT2D eigenvalue weighted by Crippen LogP contribution is -2.46. The van der Waals surface area contributed by atoms with Crippen LogP contribution in [0.4, 0.5) is 0 Å². The summed E-state index contributed by atoms with van der Waals surface area (Å²) in [6, 6.07) is 0. The molecule has 6 N–H and O–H groups in total. The number of nitrogens with two attached hydrogens (primary N) is 3. The van der Waals surface area contributed by atoms with E-state index >= 15 is 0 Å². The quantitative estimate of drug-likeness (QED) is 0.544. The first-order chi connectivity index (χ1) is 8.93. The highest BCUT2D eigenvalue weighted by molar-refractivity contribution is 5.89. The molecule has 0 saturated heterocycles. The molecule has 0 aromatic carbocycles. The van der Waals surface area contributed by atoms with E-state index in [1.165, 1.54) is 0 Å². The van der Waals surface area contributed by atoms with Gasteiger partial charge >= 0.3 is 0 Å². The normalized spacial score (nSPS) is 22.8. The minimum atomic E-state index is -0.648. The van der Waals surface area contributed by atoms with Crippen LogP contribution in [0.2, 0.25) is 0 Å². The second-order valence-electron chi connectivity index (χ2n) is 5.08. The van der Waals surface area contributed by atoms with E-state index < -0.39 is 11.8 Å². The molecule has 3 amide bonds. The summed E-state index contributed by atoms with van der Waals surface area (Å²) in [6.45, 7) is 0.102. The predicted octanol–water partition coefficient (Wildman–Crippen LogP) is -1.45. The van der Waals surface area contributed by atoms with Gasteiger partial charge in [-0.1, -0.05) is 0 Å². The molecule has 0 aromatic heterocycles. The van der Waals surface area contributed by atoms with Crippen molar-refractivity contribution in [3.63, 3.8) is 0 Å². The Morgan fingerprint density at radius 1 is 0.947 bits per heavy atom. The Morgan fingerprint density at radius 2 is 1.42 bits per heavy atom. The van der Waals surface area contributed by atoms with Gasteiger partial charge in [0.25, 0.3) is 0 Å². The van der Waals surface area contributed by atoms with Crippen molar-refractivity contribution >= 4 is 17.7 Å². The molecule has 0 aromatic rings. The average Bonchev–Trinajstić information content (AvgIpc) is 2.36. The summed E-state index contributed by atoms with van der Waals surface area (Å²) in [6.07, 6.45) is 3.26. The van der Waals surface area contributed by atoms with Crippen molar-refractivity contribution in [2.45, 2.75) is 25.7 Å². The predicted molar refractivity (Wildman–Crippen MR) is 69.5 cm³/mol.